The number of nitrogens with zero attached hydrogens (tertiary/aromatic N) is 1. The van der Waals surface area contributed by atoms with Crippen LogP contribution in [0.1, 0.15) is 26.3 Å². The zero-order valence-electron chi connectivity index (χ0n) is 17.1. The zero-order chi connectivity index (χ0) is 22.3. The molecule has 0 spiro atoms. The van der Waals surface area contributed by atoms with E-state index in [0.29, 0.717) is 22.9 Å². The van der Waals surface area contributed by atoms with E-state index >= 15 is 0 Å². The number of carbonyl (C=O) groups is 2. The fourth-order valence-corrected chi connectivity index (χ4v) is 3.36. The van der Waals surface area contributed by atoms with Gasteiger partial charge >= 0.3 is 0 Å². The molecule has 0 aliphatic rings. The van der Waals surface area contributed by atoms with Crippen molar-refractivity contribution in [2.75, 3.05) is 13.2 Å². The van der Waals surface area contributed by atoms with Gasteiger partial charge in [-0.25, -0.2) is 4.39 Å². The molecular formula is C22H25BrClFN2O3. The van der Waals surface area contributed by atoms with Crippen LogP contribution < -0.4 is 10.1 Å². The van der Waals surface area contributed by atoms with E-state index in [0.717, 1.165) is 4.47 Å². The zero-order valence-corrected chi connectivity index (χ0v) is 19.5. The van der Waals surface area contributed by atoms with Gasteiger partial charge in [-0.3, -0.25) is 9.59 Å². The van der Waals surface area contributed by atoms with Gasteiger partial charge in [0.2, 0.25) is 5.91 Å². The van der Waals surface area contributed by atoms with E-state index in [-0.39, 0.29) is 36.7 Å². The molecule has 5 nitrogen and oxygen atoms in total. The van der Waals surface area contributed by atoms with E-state index in [1.165, 1.54) is 17.0 Å². The summed E-state index contributed by atoms with van der Waals surface area (Å²) in [5, 5.41) is 3.21. The summed E-state index contributed by atoms with van der Waals surface area (Å²) >= 11 is 9.46. The minimum atomic E-state index is -0.731. The quantitative estimate of drug-likeness (QED) is 0.539. The smallest absolute Gasteiger partial charge is 0.261 e. The van der Waals surface area contributed by atoms with Crippen molar-refractivity contribution in [3.05, 3.63) is 63.3 Å². The Morgan fingerprint density at radius 2 is 1.83 bits per heavy atom. The predicted octanol–water partition coefficient (Wildman–Crippen LogP) is 4.81. The van der Waals surface area contributed by atoms with Crippen LogP contribution in [0.3, 0.4) is 0 Å². The number of rotatable bonds is 9. The Morgan fingerprint density at radius 3 is 2.43 bits per heavy atom. The van der Waals surface area contributed by atoms with E-state index < -0.39 is 6.04 Å². The summed E-state index contributed by atoms with van der Waals surface area (Å²) in [6, 6.07) is 10.2. The lowest BCUT2D eigenvalue weighted by Crippen LogP contribution is -2.49. The lowest BCUT2D eigenvalue weighted by molar-refractivity contribution is -0.142. The minimum absolute atomic E-state index is 0.146. The SMILES string of the molecule is CC(C)CNC(=O)C(C)N(Cc1ccc(F)cc1)C(=O)COc1ccc(Br)cc1Cl. The lowest BCUT2D eigenvalue weighted by atomic mass is 10.1. The summed E-state index contributed by atoms with van der Waals surface area (Å²) in [4.78, 5) is 26.9. The predicted molar refractivity (Wildman–Crippen MR) is 119 cm³/mol. The van der Waals surface area contributed by atoms with E-state index in [4.69, 9.17) is 16.3 Å². The Labute approximate surface area is 189 Å². The third-order valence-corrected chi connectivity index (χ3v) is 5.15. The van der Waals surface area contributed by atoms with Crippen molar-refractivity contribution in [2.45, 2.75) is 33.4 Å². The molecule has 0 aliphatic heterocycles. The highest BCUT2D eigenvalue weighted by Crippen LogP contribution is 2.27. The molecule has 0 saturated carbocycles. The Morgan fingerprint density at radius 1 is 1.17 bits per heavy atom. The summed E-state index contributed by atoms with van der Waals surface area (Å²) < 4.78 is 19.6. The van der Waals surface area contributed by atoms with Crippen molar-refractivity contribution in [3.8, 4) is 5.75 Å². The number of carbonyl (C=O) groups excluding carboxylic acids is 2. The first kappa shape index (κ1) is 24.2. The van der Waals surface area contributed by atoms with Gasteiger partial charge < -0.3 is 15.0 Å². The molecule has 0 saturated heterocycles. The first-order valence-corrected chi connectivity index (χ1v) is 10.7. The van der Waals surface area contributed by atoms with Crippen LogP contribution in [0.2, 0.25) is 5.02 Å². The molecule has 1 unspecified atom stereocenters. The molecule has 2 aromatic rings. The standard InChI is InChI=1S/C22H25BrClFN2O3/c1-14(2)11-26-22(29)15(3)27(12-16-4-7-18(25)8-5-16)21(28)13-30-20-9-6-17(23)10-19(20)24/h4-10,14-15H,11-13H2,1-3H3,(H,26,29). The monoisotopic (exact) mass is 498 g/mol. The first-order chi connectivity index (χ1) is 14.2. The van der Waals surface area contributed by atoms with Crippen LogP contribution in [0.25, 0.3) is 0 Å². The second kappa shape index (κ2) is 11.3. The van der Waals surface area contributed by atoms with Crippen molar-refractivity contribution < 1.29 is 18.7 Å². The van der Waals surface area contributed by atoms with E-state index in [1.54, 1.807) is 37.3 Å². The average molecular weight is 500 g/mol. The number of benzene rings is 2. The number of halogens is 3. The van der Waals surface area contributed by atoms with Crippen molar-refractivity contribution in [2.24, 2.45) is 5.92 Å². The van der Waals surface area contributed by atoms with Crippen molar-refractivity contribution in [3.63, 3.8) is 0 Å². The molecule has 0 heterocycles. The van der Waals surface area contributed by atoms with Gasteiger partial charge in [-0.2, -0.15) is 0 Å². The molecule has 0 bridgehead atoms. The molecule has 1 atom stereocenters. The third-order valence-electron chi connectivity index (χ3n) is 4.36. The Hall–Kier alpha value is -2.12. The molecule has 0 radical (unpaired) electrons. The summed E-state index contributed by atoms with van der Waals surface area (Å²) in [6.07, 6.45) is 0. The molecule has 8 heteroatoms. The molecule has 2 rings (SSSR count). The van der Waals surface area contributed by atoms with Gasteiger partial charge in [0.25, 0.3) is 5.91 Å². The van der Waals surface area contributed by atoms with Gasteiger partial charge in [0.1, 0.15) is 17.6 Å². The fourth-order valence-electron chi connectivity index (χ4n) is 2.64. The molecule has 2 amide bonds. The molecule has 0 fully saturated rings. The summed E-state index contributed by atoms with van der Waals surface area (Å²) in [6.45, 7) is 6.00. The van der Waals surface area contributed by atoms with Crippen LogP contribution in [-0.4, -0.2) is 35.9 Å². The highest BCUT2D eigenvalue weighted by Gasteiger charge is 2.26. The van der Waals surface area contributed by atoms with Gasteiger partial charge in [0.05, 0.1) is 5.02 Å². The Balaban J connectivity index is 2.14. The van der Waals surface area contributed by atoms with Crippen molar-refractivity contribution in [1.29, 1.82) is 0 Å². The van der Waals surface area contributed by atoms with Gasteiger partial charge in [-0.15, -0.1) is 0 Å². The van der Waals surface area contributed by atoms with Crippen LogP contribution in [0, 0.1) is 11.7 Å². The van der Waals surface area contributed by atoms with Crippen LogP contribution >= 0.6 is 27.5 Å². The normalized spacial score (nSPS) is 11.8. The molecule has 162 valence electrons. The lowest BCUT2D eigenvalue weighted by Gasteiger charge is -2.29. The fraction of sp³-hybridized carbons (Fsp3) is 0.364. The minimum Gasteiger partial charge on any atom is -0.482 e. The van der Waals surface area contributed by atoms with Gasteiger partial charge in [-0.1, -0.05) is 53.5 Å². The maximum Gasteiger partial charge on any atom is 0.261 e. The molecular weight excluding hydrogens is 475 g/mol. The topological polar surface area (TPSA) is 58.6 Å². The van der Waals surface area contributed by atoms with Crippen LogP contribution in [0.15, 0.2) is 46.9 Å². The Kier molecular flexibility index (Phi) is 9.11. The highest BCUT2D eigenvalue weighted by atomic mass is 79.9. The van der Waals surface area contributed by atoms with E-state index in [1.807, 2.05) is 13.8 Å². The van der Waals surface area contributed by atoms with Crippen LogP contribution in [0.5, 0.6) is 5.75 Å². The number of amides is 2. The average Bonchev–Trinajstić information content (AvgIpc) is 2.70. The van der Waals surface area contributed by atoms with E-state index in [9.17, 15) is 14.0 Å². The second-order valence-corrected chi connectivity index (χ2v) is 8.65. The number of hydrogen-bond donors (Lipinski definition) is 1. The van der Waals surface area contributed by atoms with Crippen molar-refractivity contribution in [1.82, 2.24) is 10.2 Å². The number of nitrogens with one attached hydrogen (secondary N) is 1. The van der Waals surface area contributed by atoms with Crippen molar-refractivity contribution >= 4 is 39.3 Å². The summed E-state index contributed by atoms with van der Waals surface area (Å²) in [5.74, 6) is -0.365. The van der Waals surface area contributed by atoms with Crippen LogP contribution in [0.4, 0.5) is 4.39 Å². The molecule has 1 N–H and O–H groups in total. The van der Waals surface area contributed by atoms with Crippen LogP contribution in [-0.2, 0) is 16.1 Å². The van der Waals surface area contributed by atoms with Gasteiger partial charge in [0, 0.05) is 17.6 Å². The molecule has 2 aromatic carbocycles. The number of ether oxygens (including phenoxy) is 1. The van der Waals surface area contributed by atoms with Gasteiger partial charge in [0.15, 0.2) is 6.61 Å². The van der Waals surface area contributed by atoms with Gasteiger partial charge in [-0.05, 0) is 48.7 Å². The number of hydrogen-bond acceptors (Lipinski definition) is 3. The first-order valence-electron chi connectivity index (χ1n) is 9.57. The third kappa shape index (κ3) is 7.29. The maximum atomic E-state index is 13.2. The molecule has 0 aliphatic carbocycles. The second-order valence-electron chi connectivity index (χ2n) is 7.33. The highest BCUT2D eigenvalue weighted by molar-refractivity contribution is 9.10. The molecule has 0 aromatic heterocycles. The molecule has 30 heavy (non-hydrogen) atoms. The summed E-state index contributed by atoms with van der Waals surface area (Å²) in [5.41, 5.74) is 0.704. The maximum absolute atomic E-state index is 13.2. The largest absolute Gasteiger partial charge is 0.482 e. The Bertz CT molecular complexity index is 877. The van der Waals surface area contributed by atoms with E-state index in [2.05, 4.69) is 21.2 Å². The summed E-state index contributed by atoms with van der Waals surface area (Å²) in [7, 11) is 0.